The van der Waals surface area contributed by atoms with Gasteiger partial charge in [0.25, 0.3) is 0 Å². The van der Waals surface area contributed by atoms with Gasteiger partial charge in [0.2, 0.25) is 6.29 Å². The van der Waals surface area contributed by atoms with Crippen LogP contribution in [-0.4, -0.2) is 220 Å². The molecule has 24 heteroatoms. The van der Waals surface area contributed by atoms with Gasteiger partial charge in [-0.15, -0.1) is 0 Å². The first-order valence-corrected chi connectivity index (χ1v) is 27.2. The third-order valence-corrected chi connectivity index (χ3v) is 21.0. The minimum Gasteiger partial charge on any atom is -0.479 e. The predicted molar refractivity (Wildman–Crippen MR) is 258 cm³/mol. The van der Waals surface area contributed by atoms with Gasteiger partial charge in [0.1, 0.15) is 79.4 Å². The minimum atomic E-state index is -2.15. The minimum absolute atomic E-state index is 0.00660. The molecule has 4 heterocycles. The highest BCUT2D eigenvalue weighted by atomic mass is 16.8. The number of carbonyl (C=O) groups is 3. The van der Waals surface area contributed by atoms with Crippen LogP contribution in [-0.2, 0) is 52.3 Å². The Hall–Kier alpha value is -2.57. The van der Waals surface area contributed by atoms with Crippen LogP contribution in [0, 0.1) is 50.2 Å². The maximum atomic E-state index is 14.8. The second-order valence-electron chi connectivity index (χ2n) is 25.9. The molecule has 0 radical (unpaired) electrons. The molecular formula is C53H82O24. The van der Waals surface area contributed by atoms with Crippen molar-refractivity contribution in [3.05, 3.63) is 11.6 Å². The molecule has 13 N–H and O–H groups in total. The Morgan fingerprint density at radius 1 is 0.558 bits per heavy atom. The number of aliphatic hydroxyl groups excluding tert-OH is 11. The Bertz CT molecular complexity index is 2230. The Morgan fingerprint density at radius 3 is 1.73 bits per heavy atom. The Balaban J connectivity index is 0.974. The topological polar surface area (TPSA) is 388 Å². The fourth-order valence-electron chi connectivity index (χ4n) is 16.3. The Labute approximate surface area is 446 Å². The summed E-state index contributed by atoms with van der Waals surface area (Å²) in [5, 5.41) is 137. The lowest BCUT2D eigenvalue weighted by Crippen LogP contribution is -2.68. The van der Waals surface area contributed by atoms with Crippen molar-refractivity contribution < 1.29 is 119 Å². The van der Waals surface area contributed by atoms with Crippen molar-refractivity contribution >= 4 is 17.9 Å². The van der Waals surface area contributed by atoms with E-state index in [1.165, 1.54) is 5.57 Å². The SMILES string of the molecule is CC1(C)CC[C@]2(C(=O)O[C@@H]3O[C@H](CO)[C@@H](O)[C@H](O)[C@H]3O)CC[C@]3(C)C(=CC[C@@H]4[C@@]5(C)CC[C@H](O[C@@H]6O[C@H](C(=O)O)[C@@H](O[C@@H]7O[C@@H](CO)[C@H](O)[C@H]7O)[C@H](O[C@@H]7O[C@H](C(=O)O)[C@@H](O)[C@H](O)[C@H]7O)[C@H]6O)C(C)(C)[C@@H]5CC[C@]43C)[C@@H]2C1. The van der Waals surface area contributed by atoms with Crippen molar-refractivity contribution in [3.63, 3.8) is 0 Å². The van der Waals surface area contributed by atoms with Crippen LogP contribution in [0.5, 0.6) is 0 Å². The third kappa shape index (κ3) is 9.52. The van der Waals surface area contributed by atoms with Crippen LogP contribution in [0.25, 0.3) is 0 Å². The molecule has 0 unspecified atom stereocenters. The van der Waals surface area contributed by atoms with Gasteiger partial charge in [0, 0.05) is 0 Å². The lowest BCUT2D eigenvalue weighted by molar-refractivity contribution is -0.375. The van der Waals surface area contributed by atoms with Crippen molar-refractivity contribution in [1.82, 2.24) is 0 Å². The number of fused-ring (bicyclic) bond motifs is 7. The number of aliphatic hydroxyl groups is 11. The number of rotatable bonds is 12. The molecule has 0 aromatic carbocycles. The molecular weight excluding hydrogens is 1020 g/mol. The molecule has 4 saturated carbocycles. The molecule has 27 atom stereocenters. The van der Waals surface area contributed by atoms with Crippen molar-refractivity contribution in [1.29, 1.82) is 0 Å². The van der Waals surface area contributed by atoms with Crippen molar-refractivity contribution in [2.75, 3.05) is 13.2 Å². The molecule has 438 valence electrons. The molecule has 0 aromatic heterocycles. The standard InChI is InChI=1S/C53H82O24/c1-48(2)14-16-53(47(69)77-44-34(62)30(58)28(56)23(19-54)71-44)17-15-51(6)21(22(53)18-48)8-9-26-50(5)12-11-27(49(3,4)25(50)10-13-52(26,51)7)72-46-36(64)37(73-45-35(63)31(59)32(60)38(74-45)41(65)66)39(40(76-46)42(67)68)75-43-33(61)29(57)24(20-55)70-43/h8,22-40,43-46,54-64H,9-20H2,1-7H3,(H,65,66)(H,67,68)/t22-,23+,24-,25-,26+,27-,28+,29-,30-,31-,32-,33+,34+,35+,36+,37+,38-,39-,40-,43-,44-,45+,46+,50-,51+,52+,53-/m0/s1. The number of carboxylic acids is 2. The van der Waals surface area contributed by atoms with Crippen molar-refractivity contribution in [3.8, 4) is 0 Å². The molecule has 0 spiro atoms. The number of hydrogen-bond donors (Lipinski definition) is 13. The van der Waals surface area contributed by atoms with Gasteiger partial charge in [-0.1, -0.05) is 60.1 Å². The van der Waals surface area contributed by atoms with E-state index in [4.69, 9.17) is 37.9 Å². The monoisotopic (exact) mass is 1100 g/mol. The summed E-state index contributed by atoms with van der Waals surface area (Å²) in [5.41, 5.74) is -1.49. The van der Waals surface area contributed by atoms with Gasteiger partial charge in [-0.3, -0.25) is 4.79 Å². The first-order valence-electron chi connectivity index (χ1n) is 27.2. The van der Waals surface area contributed by atoms with E-state index in [1.54, 1.807) is 0 Å². The molecule has 5 aliphatic carbocycles. The summed E-state index contributed by atoms with van der Waals surface area (Å²) in [6.45, 7) is 14.1. The van der Waals surface area contributed by atoms with Gasteiger partial charge in [0.15, 0.2) is 31.1 Å². The summed E-state index contributed by atoms with van der Waals surface area (Å²) < 4.78 is 47.0. The lowest BCUT2D eigenvalue weighted by atomic mass is 9.33. The quantitative estimate of drug-likeness (QED) is 0.0619. The number of aliphatic carboxylic acids is 2. The zero-order valence-electron chi connectivity index (χ0n) is 44.6. The largest absolute Gasteiger partial charge is 0.479 e. The van der Waals surface area contributed by atoms with Crippen LogP contribution >= 0.6 is 0 Å². The molecule has 9 rings (SSSR count). The van der Waals surface area contributed by atoms with Crippen LogP contribution in [0.2, 0.25) is 0 Å². The first-order chi connectivity index (χ1) is 35.9. The molecule has 4 aliphatic heterocycles. The van der Waals surface area contributed by atoms with Crippen LogP contribution in [0.1, 0.15) is 113 Å². The molecule has 0 amide bonds. The van der Waals surface area contributed by atoms with E-state index in [0.29, 0.717) is 44.9 Å². The number of carbonyl (C=O) groups excluding carboxylic acids is 1. The summed E-state index contributed by atoms with van der Waals surface area (Å²) in [6, 6.07) is 0. The van der Waals surface area contributed by atoms with E-state index in [1.807, 2.05) is 0 Å². The van der Waals surface area contributed by atoms with E-state index in [0.717, 1.165) is 19.3 Å². The number of allylic oxidation sites excluding steroid dienone is 2. The Morgan fingerprint density at radius 2 is 1.09 bits per heavy atom. The molecule has 0 aromatic rings. The van der Waals surface area contributed by atoms with Crippen LogP contribution in [0.15, 0.2) is 11.6 Å². The average molecular weight is 1100 g/mol. The number of ether oxygens (including phenoxy) is 8. The second kappa shape index (κ2) is 21.0. The van der Waals surface area contributed by atoms with Crippen LogP contribution in [0.4, 0.5) is 0 Å². The van der Waals surface area contributed by atoms with E-state index in [2.05, 4.69) is 54.5 Å². The normalized spacial score (nSPS) is 52.2. The molecule has 9 aliphatic rings. The molecule has 4 saturated heterocycles. The van der Waals surface area contributed by atoms with Gasteiger partial charge < -0.3 is 104 Å². The van der Waals surface area contributed by atoms with Crippen molar-refractivity contribution in [2.24, 2.45) is 50.2 Å². The zero-order chi connectivity index (χ0) is 56.4. The highest BCUT2D eigenvalue weighted by Gasteiger charge is 2.70. The average Bonchev–Trinajstić information content (AvgIpc) is 3.67. The van der Waals surface area contributed by atoms with Crippen molar-refractivity contribution in [2.45, 2.75) is 235 Å². The summed E-state index contributed by atoms with van der Waals surface area (Å²) in [4.78, 5) is 40.0. The predicted octanol–water partition coefficient (Wildman–Crippen LogP) is -1.21. The first kappa shape index (κ1) is 59.1. The number of carboxylic acid groups (broad SMARTS) is 2. The van der Waals surface area contributed by atoms with Gasteiger partial charge >= 0.3 is 17.9 Å². The van der Waals surface area contributed by atoms with E-state index < -0.39 is 165 Å². The maximum Gasteiger partial charge on any atom is 0.335 e. The molecule has 24 nitrogen and oxygen atoms in total. The number of esters is 1. The zero-order valence-corrected chi connectivity index (χ0v) is 44.6. The summed E-state index contributed by atoms with van der Waals surface area (Å²) >= 11 is 0. The van der Waals surface area contributed by atoms with Crippen LogP contribution < -0.4 is 0 Å². The summed E-state index contributed by atoms with van der Waals surface area (Å²) in [7, 11) is 0. The summed E-state index contributed by atoms with van der Waals surface area (Å²) in [5.74, 6) is -4.05. The summed E-state index contributed by atoms with van der Waals surface area (Å²) in [6.07, 6.45) is -27.2. The molecule has 77 heavy (non-hydrogen) atoms. The highest BCUT2D eigenvalue weighted by Crippen LogP contribution is 2.76. The van der Waals surface area contributed by atoms with Crippen LogP contribution in [0.3, 0.4) is 0 Å². The van der Waals surface area contributed by atoms with Gasteiger partial charge in [-0.25, -0.2) is 9.59 Å². The van der Waals surface area contributed by atoms with Gasteiger partial charge in [0.05, 0.1) is 24.7 Å². The number of hydrogen-bond acceptors (Lipinski definition) is 22. The van der Waals surface area contributed by atoms with E-state index in [-0.39, 0.29) is 39.4 Å². The molecule has 0 bridgehead atoms. The molecule has 8 fully saturated rings. The fourth-order valence-corrected chi connectivity index (χ4v) is 16.3. The third-order valence-electron chi connectivity index (χ3n) is 21.0. The smallest absolute Gasteiger partial charge is 0.335 e. The van der Waals surface area contributed by atoms with Gasteiger partial charge in [-0.05, 0) is 109 Å². The lowest BCUT2D eigenvalue weighted by Gasteiger charge is -2.71. The van der Waals surface area contributed by atoms with Gasteiger partial charge in [-0.2, -0.15) is 0 Å². The highest BCUT2D eigenvalue weighted by molar-refractivity contribution is 5.79. The maximum absolute atomic E-state index is 14.8. The van der Waals surface area contributed by atoms with E-state index in [9.17, 15) is 80.8 Å². The fraction of sp³-hybridized carbons (Fsp3) is 0.906. The van der Waals surface area contributed by atoms with E-state index >= 15 is 0 Å². The second-order valence-corrected chi connectivity index (χ2v) is 25.9. The Kier molecular flexibility index (Phi) is 16.1.